The SMILES string of the molecule is O=C1CC=CC=C1CCN1CCc2cc(NC(=O)c3ccccc3-c3ccc(C(F)(F)F)cc3)ccc2C1. The van der Waals surface area contributed by atoms with Crippen LogP contribution in [0.25, 0.3) is 11.1 Å². The highest BCUT2D eigenvalue weighted by atomic mass is 19.4. The van der Waals surface area contributed by atoms with Crippen LogP contribution in [-0.2, 0) is 23.9 Å². The van der Waals surface area contributed by atoms with Crippen molar-refractivity contribution in [1.82, 2.24) is 4.90 Å². The van der Waals surface area contributed by atoms with Crippen molar-refractivity contribution in [2.45, 2.75) is 32.0 Å². The summed E-state index contributed by atoms with van der Waals surface area (Å²) in [7, 11) is 0. The van der Waals surface area contributed by atoms with Crippen LogP contribution >= 0.6 is 0 Å². The van der Waals surface area contributed by atoms with E-state index >= 15 is 0 Å². The molecule has 0 atom stereocenters. The zero-order chi connectivity index (χ0) is 26.7. The summed E-state index contributed by atoms with van der Waals surface area (Å²) < 4.78 is 38.9. The van der Waals surface area contributed by atoms with Gasteiger partial charge in [0.1, 0.15) is 0 Å². The Morgan fingerprint density at radius 3 is 2.53 bits per heavy atom. The van der Waals surface area contributed by atoms with Crippen molar-refractivity contribution in [3.05, 3.63) is 113 Å². The van der Waals surface area contributed by atoms with Gasteiger partial charge in [0, 0.05) is 37.3 Å². The summed E-state index contributed by atoms with van der Waals surface area (Å²) in [5, 5.41) is 2.95. The summed E-state index contributed by atoms with van der Waals surface area (Å²) in [5.41, 5.74) is 4.69. The molecule has 0 radical (unpaired) electrons. The molecule has 194 valence electrons. The Hall–Kier alpha value is -3.97. The van der Waals surface area contributed by atoms with Gasteiger partial charge in [-0.25, -0.2) is 0 Å². The summed E-state index contributed by atoms with van der Waals surface area (Å²) >= 11 is 0. The Kier molecular flexibility index (Phi) is 7.29. The summed E-state index contributed by atoms with van der Waals surface area (Å²) in [4.78, 5) is 27.6. The summed E-state index contributed by atoms with van der Waals surface area (Å²) in [6.07, 6.45) is 3.39. The highest BCUT2D eigenvalue weighted by Gasteiger charge is 2.30. The van der Waals surface area contributed by atoms with E-state index in [0.717, 1.165) is 50.2 Å². The van der Waals surface area contributed by atoms with Gasteiger partial charge in [-0.3, -0.25) is 14.5 Å². The van der Waals surface area contributed by atoms with Gasteiger partial charge in [0.05, 0.1) is 5.56 Å². The number of ketones is 1. The van der Waals surface area contributed by atoms with E-state index in [1.165, 1.54) is 23.3 Å². The largest absolute Gasteiger partial charge is 0.416 e. The number of carbonyl (C=O) groups excluding carboxylic acids is 2. The first-order chi connectivity index (χ1) is 18.3. The van der Waals surface area contributed by atoms with Gasteiger partial charge in [0.15, 0.2) is 5.78 Å². The molecule has 0 spiro atoms. The fourth-order valence-electron chi connectivity index (χ4n) is 4.93. The van der Waals surface area contributed by atoms with Crippen LogP contribution in [0.15, 0.2) is 90.5 Å². The van der Waals surface area contributed by atoms with Crippen LogP contribution in [0.5, 0.6) is 0 Å². The predicted octanol–water partition coefficient (Wildman–Crippen LogP) is 6.83. The van der Waals surface area contributed by atoms with E-state index < -0.39 is 11.7 Å². The number of fused-ring (bicyclic) bond motifs is 1. The van der Waals surface area contributed by atoms with E-state index in [4.69, 9.17) is 0 Å². The van der Waals surface area contributed by atoms with E-state index in [2.05, 4.69) is 10.2 Å². The zero-order valence-electron chi connectivity index (χ0n) is 20.7. The maximum Gasteiger partial charge on any atom is 0.416 e. The fraction of sp³-hybridized carbons (Fsp3) is 0.226. The van der Waals surface area contributed by atoms with Gasteiger partial charge in [-0.05, 0) is 71.0 Å². The number of nitrogens with zero attached hydrogens (tertiary/aromatic N) is 1. The average Bonchev–Trinajstić information content (AvgIpc) is 2.92. The van der Waals surface area contributed by atoms with Crippen molar-refractivity contribution >= 4 is 17.4 Å². The summed E-state index contributed by atoms with van der Waals surface area (Å²) in [5.74, 6) is -0.123. The summed E-state index contributed by atoms with van der Waals surface area (Å²) in [6.45, 7) is 2.49. The van der Waals surface area contributed by atoms with Crippen molar-refractivity contribution < 1.29 is 22.8 Å². The molecule has 38 heavy (non-hydrogen) atoms. The van der Waals surface area contributed by atoms with Crippen LogP contribution in [0, 0.1) is 0 Å². The molecule has 0 saturated heterocycles. The molecule has 0 aromatic heterocycles. The minimum absolute atomic E-state index is 0.199. The molecule has 4 nitrogen and oxygen atoms in total. The number of alkyl halides is 3. The number of benzene rings is 3. The van der Waals surface area contributed by atoms with Gasteiger partial charge < -0.3 is 5.32 Å². The number of nitrogens with one attached hydrogen (secondary N) is 1. The minimum atomic E-state index is -4.41. The van der Waals surface area contributed by atoms with E-state index in [0.29, 0.717) is 28.8 Å². The molecule has 0 bridgehead atoms. The molecule has 0 saturated carbocycles. The molecular formula is C31H27F3N2O2. The van der Waals surface area contributed by atoms with Crippen molar-refractivity contribution in [2.75, 3.05) is 18.4 Å². The fourth-order valence-corrected chi connectivity index (χ4v) is 4.93. The number of allylic oxidation sites excluding steroid dienone is 3. The molecule has 0 fully saturated rings. The van der Waals surface area contributed by atoms with Gasteiger partial charge in [0.2, 0.25) is 0 Å². The molecule has 0 unspecified atom stereocenters. The number of rotatable bonds is 6. The predicted molar refractivity (Wildman–Crippen MR) is 142 cm³/mol. The molecule has 3 aromatic rings. The van der Waals surface area contributed by atoms with Gasteiger partial charge in [-0.1, -0.05) is 54.6 Å². The first kappa shape index (κ1) is 25.7. The Morgan fingerprint density at radius 1 is 0.974 bits per heavy atom. The highest BCUT2D eigenvalue weighted by molar-refractivity contribution is 6.08. The smallest absolute Gasteiger partial charge is 0.322 e. The van der Waals surface area contributed by atoms with Gasteiger partial charge in [0.25, 0.3) is 5.91 Å². The second kappa shape index (κ2) is 10.8. The molecule has 1 heterocycles. The molecule has 1 aliphatic heterocycles. The van der Waals surface area contributed by atoms with Crippen LogP contribution in [-0.4, -0.2) is 29.7 Å². The van der Waals surface area contributed by atoms with E-state index in [1.807, 2.05) is 36.4 Å². The molecule has 1 aliphatic carbocycles. The lowest BCUT2D eigenvalue weighted by Crippen LogP contribution is -2.32. The number of hydrogen-bond donors (Lipinski definition) is 1. The second-order valence-corrected chi connectivity index (χ2v) is 9.58. The first-order valence-corrected chi connectivity index (χ1v) is 12.6. The van der Waals surface area contributed by atoms with Gasteiger partial charge >= 0.3 is 6.18 Å². The maximum atomic E-state index is 13.2. The van der Waals surface area contributed by atoms with Gasteiger partial charge in [-0.15, -0.1) is 0 Å². The third-order valence-electron chi connectivity index (χ3n) is 7.04. The Labute approximate surface area is 219 Å². The zero-order valence-corrected chi connectivity index (χ0v) is 20.7. The number of hydrogen-bond acceptors (Lipinski definition) is 3. The van der Waals surface area contributed by atoms with Crippen LogP contribution in [0.2, 0.25) is 0 Å². The number of Topliss-reactive ketones (excluding diaryl/α,β-unsaturated/α-hetero) is 1. The maximum absolute atomic E-state index is 13.2. The standard InChI is InChI=1S/C31H27F3N2O2/c32-31(33,34)25-12-9-21(10-13-25)27-6-2-3-7-28(27)30(38)35-26-14-11-24-20-36(18-16-23(24)19-26)17-15-22-5-1-4-8-29(22)37/h1-7,9-14,19H,8,15-18,20H2,(H,35,38). The Balaban J connectivity index is 1.26. The van der Waals surface area contributed by atoms with E-state index in [-0.39, 0.29) is 11.7 Å². The number of amides is 1. The number of anilines is 1. The minimum Gasteiger partial charge on any atom is -0.322 e. The average molecular weight is 517 g/mol. The molecule has 1 N–H and O–H groups in total. The van der Waals surface area contributed by atoms with Crippen molar-refractivity contribution in [1.29, 1.82) is 0 Å². The monoisotopic (exact) mass is 516 g/mol. The van der Waals surface area contributed by atoms with Crippen LogP contribution in [0.4, 0.5) is 18.9 Å². The molecule has 7 heteroatoms. The number of halogens is 3. The van der Waals surface area contributed by atoms with Crippen molar-refractivity contribution in [3.63, 3.8) is 0 Å². The van der Waals surface area contributed by atoms with Crippen LogP contribution in [0.1, 0.15) is 39.9 Å². The number of carbonyl (C=O) groups is 2. The lowest BCUT2D eigenvalue weighted by atomic mass is 9.96. The lowest BCUT2D eigenvalue weighted by molar-refractivity contribution is -0.137. The van der Waals surface area contributed by atoms with E-state index in [9.17, 15) is 22.8 Å². The molecule has 5 rings (SSSR count). The topological polar surface area (TPSA) is 49.4 Å². The molecular weight excluding hydrogens is 489 g/mol. The van der Waals surface area contributed by atoms with Gasteiger partial charge in [-0.2, -0.15) is 13.2 Å². The van der Waals surface area contributed by atoms with Crippen molar-refractivity contribution in [3.8, 4) is 11.1 Å². The van der Waals surface area contributed by atoms with E-state index in [1.54, 1.807) is 24.3 Å². The normalized spacial score (nSPS) is 15.7. The third kappa shape index (κ3) is 5.78. The molecule has 1 amide bonds. The van der Waals surface area contributed by atoms with Crippen LogP contribution < -0.4 is 5.32 Å². The lowest BCUT2D eigenvalue weighted by Gasteiger charge is -2.29. The molecule has 3 aromatic carbocycles. The third-order valence-corrected chi connectivity index (χ3v) is 7.04. The van der Waals surface area contributed by atoms with Crippen molar-refractivity contribution in [2.24, 2.45) is 0 Å². The quantitative estimate of drug-likeness (QED) is 0.391. The summed E-state index contributed by atoms with van der Waals surface area (Å²) in [6, 6.07) is 17.6. The molecule has 2 aliphatic rings. The Bertz CT molecular complexity index is 1420. The van der Waals surface area contributed by atoms with Crippen LogP contribution in [0.3, 0.4) is 0 Å². The second-order valence-electron chi connectivity index (χ2n) is 9.58. The Morgan fingerprint density at radius 2 is 1.76 bits per heavy atom. The first-order valence-electron chi connectivity index (χ1n) is 12.6. The highest BCUT2D eigenvalue weighted by Crippen LogP contribution is 2.32.